The molecule has 6 nitrogen and oxygen atoms in total. The Labute approximate surface area is 166 Å². The topological polar surface area (TPSA) is 70.5 Å². The number of amides is 2. The molecule has 1 atom stereocenters. The van der Waals surface area contributed by atoms with Gasteiger partial charge in [-0.05, 0) is 36.5 Å². The van der Waals surface area contributed by atoms with Gasteiger partial charge in [0.05, 0.1) is 24.0 Å². The van der Waals surface area contributed by atoms with Crippen molar-refractivity contribution >= 4 is 17.4 Å². The molecule has 2 amide bonds. The summed E-state index contributed by atoms with van der Waals surface area (Å²) >= 11 is 0. The largest absolute Gasteiger partial charge is 0.330 e. The molecule has 0 saturated carbocycles. The van der Waals surface area contributed by atoms with Gasteiger partial charge in [-0.3, -0.25) is 4.99 Å². The molecular formula is C22H27N5O. The average Bonchev–Trinajstić information content (AvgIpc) is 3.11. The van der Waals surface area contributed by atoms with Crippen molar-refractivity contribution in [1.29, 1.82) is 0 Å². The van der Waals surface area contributed by atoms with E-state index in [1.807, 2.05) is 36.2 Å². The van der Waals surface area contributed by atoms with Crippen LogP contribution in [0.25, 0.3) is 0 Å². The van der Waals surface area contributed by atoms with Gasteiger partial charge in [-0.15, -0.1) is 0 Å². The van der Waals surface area contributed by atoms with Crippen LogP contribution in [0.3, 0.4) is 0 Å². The van der Waals surface area contributed by atoms with Crippen LogP contribution in [0.2, 0.25) is 0 Å². The zero-order valence-electron chi connectivity index (χ0n) is 16.8. The third-order valence-corrected chi connectivity index (χ3v) is 5.34. The lowest BCUT2D eigenvalue weighted by Crippen LogP contribution is -2.48. The van der Waals surface area contributed by atoms with Gasteiger partial charge in [-0.2, -0.15) is 0 Å². The molecule has 0 bridgehead atoms. The molecule has 1 unspecified atom stereocenters. The summed E-state index contributed by atoms with van der Waals surface area (Å²) < 4.78 is 0. The number of hydrogen-bond acceptors (Lipinski definition) is 4. The van der Waals surface area contributed by atoms with Crippen molar-refractivity contribution in [3.63, 3.8) is 0 Å². The van der Waals surface area contributed by atoms with E-state index < -0.39 is 0 Å². The number of para-hydroxylation sites is 1. The first kappa shape index (κ1) is 18.6. The van der Waals surface area contributed by atoms with Gasteiger partial charge in [0.15, 0.2) is 0 Å². The summed E-state index contributed by atoms with van der Waals surface area (Å²) in [6.07, 6.45) is 4.39. The van der Waals surface area contributed by atoms with E-state index >= 15 is 0 Å². The maximum absolute atomic E-state index is 12.8. The van der Waals surface area contributed by atoms with Crippen LogP contribution in [0.1, 0.15) is 43.4 Å². The third-order valence-electron chi connectivity index (χ3n) is 5.34. The monoisotopic (exact) mass is 377 g/mol. The molecule has 0 radical (unpaired) electrons. The molecule has 1 aromatic heterocycles. The van der Waals surface area contributed by atoms with E-state index in [1.54, 1.807) is 0 Å². The number of carbonyl (C=O) groups excluding carboxylic acids is 1. The SMILES string of the molecule is CC(C)Cc1ncc2c(n1)CN(C(=O)NC(C)C1=Nc3ccccc3C1)CC2. The summed E-state index contributed by atoms with van der Waals surface area (Å²) in [5, 5.41) is 3.12. The van der Waals surface area contributed by atoms with Crippen LogP contribution in [0, 0.1) is 5.92 Å². The van der Waals surface area contributed by atoms with Crippen molar-refractivity contribution in [2.45, 2.75) is 52.6 Å². The van der Waals surface area contributed by atoms with Crippen LogP contribution >= 0.6 is 0 Å². The predicted octanol–water partition coefficient (Wildman–Crippen LogP) is 3.46. The minimum absolute atomic E-state index is 0.0548. The van der Waals surface area contributed by atoms with Crippen molar-refractivity contribution in [3.05, 3.63) is 53.1 Å². The molecule has 0 aliphatic carbocycles. The standard InChI is InChI=1S/C22H27N5O/c1-14(2)10-21-23-12-17-8-9-27(13-20(17)26-21)22(28)24-15(3)19-11-16-6-4-5-7-18(16)25-19/h4-7,12,14-15H,8-11,13H2,1-3H3,(H,24,28). The van der Waals surface area contributed by atoms with Crippen molar-refractivity contribution < 1.29 is 4.79 Å². The lowest BCUT2D eigenvalue weighted by atomic mass is 10.1. The average molecular weight is 377 g/mol. The van der Waals surface area contributed by atoms with Gasteiger partial charge in [0.25, 0.3) is 0 Å². The van der Waals surface area contributed by atoms with Crippen molar-refractivity contribution in [1.82, 2.24) is 20.2 Å². The van der Waals surface area contributed by atoms with E-state index in [1.165, 1.54) is 5.56 Å². The van der Waals surface area contributed by atoms with Gasteiger partial charge in [-0.25, -0.2) is 14.8 Å². The molecule has 1 aromatic carbocycles. The number of carbonyl (C=O) groups is 1. The molecule has 0 fully saturated rings. The Bertz CT molecular complexity index is 921. The number of nitrogens with one attached hydrogen (secondary N) is 1. The highest BCUT2D eigenvalue weighted by Gasteiger charge is 2.26. The first-order valence-corrected chi connectivity index (χ1v) is 10.0. The van der Waals surface area contributed by atoms with Crippen molar-refractivity contribution in [3.8, 4) is 0 Å². The number of aliphatic imine (C=N–C) groups is 1. The molecular weight excluding hydrogens is 350 g/mol. The maximum Gasteiger partial charge on any atom is 0.318 e. The maximum atomic E-state index is 12.8. The fourth-order valence-electron chi connectivity index (χ4n) is 3.75. The first-order valence-electron chi connectivity index (χ1n) is 10.0. The fraction of sp³-hybridized carbons (Fsp3) is 0.455. The highest BCUT2D eigenvalue weighted by Crippen LogP contribution is 2.27. The molecule has 146 valence electrons. The minimum atomic E-state index is -0.0943. The lowest BCUT2D eigenvalue weighted by Gasteiger charge is -2.29. The number of urea groups is 1. The Morgan fingerprint density at radius 1 is 1.21 bits per heavy atom. The smallest absolute Gasteiger partial charge is 0.318 e. The molecule has 0 saturated heterocycles. The van der Waals surface area contributed by atoms with Crippen molar-refractivity contribution in [2.75, 3.05) is 6.54 Å². The molecule has 2 aliphatic rings. The van der Waals surface area contributed by atoms with Crippen LogP contribution in [0.5, 0.6) is 0 Å². The second kappa shape index (κ2) is 7.70. The van der Waals surface area contributed by atoms with Crippen LogP contribution in [-0.4, -0.2) is 39.2 Å². The van der Waals surface area contributed by atoms with Crippen LogP contribution in [0.4, 0.5) is 10.5 Å². The molecule has 0 spiro atoms. The van der Waals surface area contributed by atoms with Crippen LogP contribution < -0.4 is 5.32 Å². The Hall–Kier alpha value is -2.76. The summed E-state index contributed by atoms with van der Waals surface area (Å²) in [5.41, 5.74) is 5.37. The quantitative estimate of drug-likeness (QED) is 0.887. The fourth-order valence-corrected chi connectivity index (χ4v) is 3.75. The van der Waals surface area contributed by atoms with E-state index in [0.717, 1.165) is 47.7 Å². The number of benzene rings is 1. The number of fused-ring (bicyclic) bond motifs is 2. The number of aromatic nitrogens is 2. The van der Waals surface area contributed by atoms with Crippen LogP contribution in [0.15, 0.2) is 35.5 Å². The van der Waals surface area contributed by atoms with Gasteiger partial charge in [0, 0.05) is 31.3 Å². The highest BCUT2D eigenvalue weighted by molar-refractivity contribution is 5.99. The molecule has 4 rings (SSSR count). The summed E-state index contributed by atoms with van der Waals surface area (Å²) in [5.74, 6) is 1.38. The third kappa shape index (κ3) is 3.91. The van der Waals surface area contributed by atoms with Crippen LogP contribution in [-0.2, 0) is 25.8 Å². The number of hydrogen-bond donors (Lipinski definition) is 1. The van der Waals surface area contributed by atoms with E-state index in [0.29, 0.717) is 19.0 Å². The second-order valence-corrected chi connectivity index (χ2v) is 8.11. The molecule has 3 heterocycles. The van der Waals surface area contributed by atoms with Gasteiger partial charge in [-0.1, -0.05) is 32.0 Å². The van der Waals surface area contributed by atoms with Gasteiger partial charge in [0.1, 0.15) is 5.82 Å². The minimum Gasteiger partial charge on any atom is -0.330 e. The molecule has 6 heteroatoms. The lowest BCUT2D eigenvalue weighted by molar-refractivity contribution is 0.190. The summed E-state index contributed by atoms with van der Waals surface area (Å²) in [4.78, 5) is 28.5. The molecule has 2 aromatic rings. The number of rotatable bonds is 4. The van der Waals surface area contributed by atoms with Crippen molar-refractivity contribution in [2.24, 2.45) is 10.9 Å². The zero-order valence-corrected chi connectivity index (χ0v) is 16.8. The molecule has 2 aliphatic heterocycles. The van der Waals surface area contributed by atoms with E-state index in [-0.39, 0.29) is 12.1 Å². The summed E-state index contributed by atoms with van der Waals surface area (Å²) in [6.45, 7) is 7.55. The Morgan fingerprint density at radius 3 is 2.82 bits per heavy atom. The zero-order chi connectivity index (χ0) is 19.7. The van der Waals surface area contributed by atoms with E-state index in [9.17, 15) is 4.79 Å². The highest BCUT2D eigenvalue weighted by atomic mass is 16.2. The Balaban J connectivity index is 1.40. The summed E-state index contributed by atoms with van der Waals surface area (Å²) in [7, 11) is 0. The van der Waals surface area contributed by atoms with Gasteiger partial charge in [0.2, 0.25) is 0 Å². The molecule has 1 N–H and O–H groups in total. The first-order chi connectivity index (χ1) is 13.5. The van der Waals surface area contributed by atoms with E-state index in [2.05, 4.69) is 35.2 Å². The molecule has 28 heavy (non-hydrogen) atoms. The second-order valence-electron chi connectivity index (χ2n) is 8.11. The summed E-state index contributed by atoms with van der Waals surface area (Å²) in [6, 6.07) is 7.99. The Morgan fingerprint density at radius 2 is 2.04 bits per heavy atom. The normalized spacial score (nSPS) is 16.4. The Kier molecular flexibility index (Phi) is 5.11. The van der Waals surface area contributed by atoms with Gasteiger partial charge < -0.3 is 10.2 Å². The predicted molar refractivity (Wildman–Crippen MR) is 110 cm³/mol. The van der Waals surface area contributed by atoms with E-state index in [4.69, 9.17) is 4.98 Å². The number of nitrogens with zero attached hydrogens (tertiary/aromatic N) is 4. The van der Waals surface area contributed by atoms with Gasteiger partial charge >= 0.3 is 6.03 Å².